The van der Waals surface area contributed by atoms with E-state index >= 15 is 0 Å². The molecule has 5 nitrogen and oxygen atoms in total. The van der Waals surface area contributed by atoms with Crippen molar-refractivity contribution in [1.82, 2.24) is 9.88 Å². The molecular formula is C21H27N3O2. The van der Waals surface area contributed by atoms with Crippen LogP contribution in [0.15, 0.2) is 12.3 Å². The molecule has 5 aliphatic rings. The number of aliphatic hydroxyl groups is 1. The molecule has 0 aliphatic heterocycles. The van der Waals surface area contributed by atoms with Crippen molar-refractivity contribution < 1.29 is 9.90 Å². The molecule has 1 heterocycles. The minimum Gasteiger partial charge on any atom is -0.390 e. The molecule has 138 valence electrons. The molecule has 0 spiro atoms. The van der Waals surface area contributed by atoms with Crippen molar-refractivity contribution in [3.8, 4) is 0 Å². The molecule has 0 aromatic carbocycles. The Morgan fingerprint density at radius 2 is 2.00 bits per heavy atom. The zero-order chi connectivity index (χ0) is 18.1. The number of aromatic nitrogens is 1. The molecule has 4 saturated carbocycles. The van der Waals surface area contributed by atoms with E-state index in [1.807, 2.05) is 0 Å². The number of carbonyl (C=O) groups excluding carboxylic acids is 1. The van der Waals surface area contributed by atoms with Crippen LogP contribution in [0.3, 0.4) is 0 Å². The predicted molar refractivity (Wildman–Crippen MR) is 101 cm³/mol. The second kappa shape index (κ2) is 5.56. The van der Waals surface area contributed by atoms with E-state index in [-0.39, 0.29) is 5.91 Å². The third-order valence-corrected chi connectivity index (χ3v) is 6.98. The summed E-state index contributed by atoms with van der Waals surface area (Å²) < 4.78 is 0. The molecule has 5 aliphatic carbocycles. The number of rotatable bonds is 3. The van der Waals surface area contributed by atoms with Crippen molar-refractivity contribution in [3.63, 3.8) is 0 Å². The minimum absolute atomic E-state index is 0.00876. The van der Waals surface area contributed by atoms with E-state index in [1.165, 1.54) is 12.8 Å². The average Bonchev–Trinajstić information content (AvgIpc) is 3.04. The Bertz CT molecular complexity index is 785. The van der Waals surface area contributed by atoms with E-state index in [9.17, 15) is 9.90 Å². The highest BCUT2D eigenvalue weighted by molar-refractivity contribution is 6.01. The van der Waals surface area contributed by atoms with E-state index < -0.39 is 5.60 Å². The fourth-order valence-electron chi connectivity index (χ4n) is 6.14. The highest BCUT2D eigenvalue weighted by Gasteiger charge is 2.54. The standard InChI is InChI=1S/C21H27N3O2/c1-24(2)20(25)16-11-22-17-5-3-4-15(17)19(16)23-18-13-6-12-7-14(18)10-21(26,8-12)9-13/h3-4,11-14,18,26H,5-10H2,1-2H3,(H,22,23)/t12?,13-,14+,18?,21?. The second-order valence-electron chi connectivity index (χ2n) is 9.08. The highest BCUT2D eigenvalue weighted by Crippen LogP contribution is 2.56. The van der Waals surface area contributed by atoms with Gasteiger partial charge in [0.25, 0.3) is 5.91 Å². The Hall–Kier alpha value is -1.88. The van der Waals surface area contributed by atoms with E-state index in [2.05, 4.69) is 22.5 Å². The predicted octanol–water partition coefficient (Wildman–Crippen LogP) is 2.70. The van der Waals surface area contributed by atoms with Crippen molar-refractivity contribution in [2.75, 3.05) is 19.4 Å². The lowest BCUT2D eigenvalue weighted by atomic mass is 9.52. The van der Waals surface area contributed by atoms with E-state index in [1.54, 1.807) is 25.2 Å². The molecular weight excluding hydrogens is 326 g/mol. The summed E-state index contributed by atoms with van der Waals surface area (Å²) in [4.78, 5) is 18.9. The quantitative estimate of drug-likeness (QED) is 0.877. The lowest BCUT2D eigenvalue weighted by molar-refractivity contribution is -0.129. The Kier molecular flexibility index (Phi) is 3.48. The monoisotopic (exact) mass is 353 g/mol. The van der Waals surface area contributed by atoms with Crippen LogP contribution in [0.2, 0.25) is 0 Å². The summed E-state index contributed by atoms with van der Waals surface area (Å²) in [5.41, 5.74) is 3.30. The summed E-state index contributed by atoms with van der Waals surface area (Å²) in [6.07, 6.45) is 12.0. The van der Waals surface area contributed by atoms with Gasteiger partial charge in [-0.05, 0) is 49.9 Å². The van der Waals surface area contributed by atoms with Gasteiger partial charge in [-0.15, -0.1) is 0 Å². The van der Waals surface area contributed by atoms with Gasteiger partial charge < -0.3 is 15.3 Å². The van der Waals surface area contributed by atoms with Gasteiger partial charge >= 0.3 is 0 Å². The fraction of sp³-hybridized carbons (Fsp3) is 0.619. The number of nitrogens with zero attached hydrogens (tertiary/aromatic N) is 2. The molecule has 1 aromatic rings. The van der Waals surface area contributed by atoms with Crippen molar-refractivity contribution in [2.24, 2.45) is 17.8 Å². The lowest BCUT2D eigenvalue weighted by Gasteiger charge is -2.58. The van der Waals surface area contributed by atoms with Crippen LogP contribution in [0.1, 0.15) is 53.7 Å². The summed E-state index contributed by atoms with van der Waals surface area (Å²) >= 11 is 0. The smallest absolute Gasteiger partial charge is 0.257 e. The van der Waals surface area contributed by atoms with Crippen molar-refractivity contribution >= 4 is 17.7 Å². The van der Waals surface area contributed by atoms with Crippen LogP contribution in [0, 0.1) is 17.8 Å². The molecule has 2 N–H and O–H groups in total. The Labute approximate surface area is 154 Å². The maximum Gasteiger partial charge on any atom is 0.257 e. The molecule has 5 heteroatoms. The molecule has 26 heavy (non-hydrogen) atoms. The van der Waals surface area contributed by atoms with Crippen LogP contribution in [0.25, 0.3) is 6.08 Å². The fourth-order valence-corrected chi connectivity index (χ4v) is 6.14. The van der Waals surface area contributed by atoms with Gasteiger partial charge in [0.15, 0.2) is 0 Å². The maximum atomic E-state index is 12.7. The normalized spacial score (nSPS) is 36.3. The number of hydrogen-bond donors (Lipinski definition) is 2. The number of fused-ring (bicyclic) bond motifs is 1. The van der Waals surface area contributed by atoms with Crippen molar-refractivity contribution in [2.45, 2.75) is 50.2 Å². The van der Waals surface area contributed by atoms with Gasteiger partial charge in [-0.25, -0.2) is 0 Å². The minimum atomic E-state index is -0.433. The molecule has 4 bridgehead atoms. The first-order valence-corrected chi connectivity index (χ1v) is 9.82. The van der Waals surface area contributed by atoms with Gasteiger partial charge in [0, 0.05) is 38.3 Å². The second-order valence-corrected chi connectivity index (χ2v) is 9.08. The molecule has 5 atom stereocenters. The van der Waals surface area contributed by atoms with Gasteiger partial charge in [0.05, 0.1) is 22.5 Å². The number of pyridine rings is 1. The van der Waals surface area contributed by atoms with Crippen LogP contribution in [0.5, 0.6) is 0 Å². The molecule has 3 unspecified atom stereocenters. The third kappa shape index (κ3) is 2.40. The average molecular weight is 353 g/mol. The summed E-state index contributed by atoms with van der Waals surface area (Å²) in [5.74, 6) is 1.68. The van der Waals surface area contributed by atoms with Gasteiger partial charge in [-0.1, -0.05) is 12.2 Å². The highest BCUT2D eigenvalue weighted by atomic mass is 16.3. The summed E-state index contributed by atoms with van der Waals surface area (Å²) in [7, 11) is 3.57. The van der Waals surface area contributed by atoms with E-state index in [0.717, 1.165) is 42.6 Å². The molecule has 0 saturated heterocycles. The number of amides is 1. The molecule has 6 rings (SSSR count). The first kappa shape index (κ1) is 16.3. The van der Waals surface area contributed by atoms with Crippen molar-refractivity contribution in [1.29, 1.82) is 0 Å². The summed E-state index contributed by atoms with van der Waals surface area (Å²) in [5, 5.41) is 14.6. The zero-order valence-corrected chi connectivity index (χ0v) is 15.5. The third-order valence-electron chi connectivity index (χ3n) is 6.98. The number of carbonyl (C=O) groups is 1. The molecule has 1 amide bonds. The van der Waals surface area contributed by atoms with Crippen molar-refractivity contribution in [3.05, 3.63) is 29.1 Å². The van der Waals surface area contributed by atoms with Crippen LogP contribution in [-0.4, -0.2) is 46.6 Å². The SMILES string of the molecule is CN(C)C(=O)c1cnc2c(c1NC1[C@@H]3CC4C[C@H]1CC(O)(C4)C3)C=CC2. The van der Waals surface area contributed by atoms with Crippen LogP contribution in [-0.2, 0) is 6.42 Å². The first-order valence-electron chi connectivity index (χ1n) is 9.82. The summed E-state index contributed by atoms with van der Waals surface area (Å²) in [6.45, 7) is 0. The number of allylic oxidation sites excluding steroid dienone is 1. The first-order chi connectivity index (χ1) is 12.4. The van der Waals surface area contributed by atoms with Gasteiger partial charge in [-0.3, -0.25) is 9.78 Å². The van der Waals surface area contributed by atoms with E-state index in [0.29, 0.717) is 29.4 Å². The largest absolute Gasteiger partial charge is 0.390 e. The van der Waals surface area contributed by atoms with Crippen LogP contribution < -0.4 is 5.32 Å². The topological polar surface area (TPSA) is 65.5 Å². The number of anilines is 1. The Morgan fingerprint density at radius 3 is 2.65 bits per heavy atom. The van der Waals surface area contributed by atoms with Gasteiger partial charge in [0.2, 0.25) is 0 Å². The Morgan fingerprint density at radius 1 is 1.27 bits per heavy atom. The Balaban J connectivity index is 1.52. The van der Waals surface area contributed by atoms with Crippen LogP contribution in [0.4, 0.5) is 5.69 Å². The lowest BCUT2D eigenvalue weighted by Crippen LogP contribution is -2.59. The molecule has 0 radical (unpaired) electrons. The number of hydrogen-bond acceptors (Lipinski definition) is 4. The van der Waals surface area contributed by atoms with Crippen LogP contribution >= 0.6 is 0 Å². The molecule has 4 fully saturated rings. The summed E-state index contributed by atoms with van der Waals surface area (Å²) in [6, 6.07) is 0.348. The molecule has 1 aromatic heterocycles. The van der Waals surface area contributed by atoms with Gasteiger partial charge in [-0.2, -0.15) is 0 Å². The zero-order valence-electron chi connectivity index (χ0n) is 15.5. The number of nitrogens with one attached hydrogen (secondary N) is 1. The van der Waals surface area contributed by atoms with E-state index in [4.69, 9.17) is 0 Å². The maximum absolute atomic E-state index is 12.7. The van der Waals surface area contributed by atoms with Gasteiger partial charge in [0.1, 0.15) is 0 Å².